The van der Waals surface area contributed by atoms with Gasteiger partial charge in [-0.25, -0.2) is 4.68 Å². The minimum absolute atomic E-state index is 0.0517. The SMILES string of the molecule is Cc1ccc(-n2cc(C(=N)N)c(C)n2)cc1. The van der Waals surface area contributed by atoms with Gasteiger partial charge in [-0.1, -0.05) is 17.7 Å². The van der Waals surface area contributed by atoms with Gasteiger partial charge in [0.2, 0.25) is 0 Å². The Bertz CT molecular complexity index is 522. The van der Waals surface area contributed by atoms with E-state index in [2.05, 4.69) is 5.10 Å². The third kappa shape index (κ3) is 1.82. The fraction of sp³-hybridized carbons (Fsp3) is 0.167. The lowest BCUT2D eigenvalue weighted by Gasteiger charge is -2.00. The number of rotatable bonds is 2. The molecule has 1 aromatic heterocycles. The molecule has 0 bridgehead atoms. The van der Waals surface area contributed by atoms with Crippen LogP contribution in [-0.2, 0) is 0 Å². The van der Waals surface area contributed by atoms with E-state index in [0.717, 1.165) is 11.4 Å². The molecule has 0 saturated heterocycles. The first kappa shape index (κ1) is 10.4. The Morgan fingerprint density at radius 1 is 1.25 bits per heavy atom. The van der Waals surface area contributed by atoms with Crippen LogP contribution in [0, 0.1) is 19.3 Å². The molecule has 1 heterocycles. The van der Waals surface area contributed by atoms with Crippen LogP contribution in [0.15, 0.2) is 30.5 Å². The minimum atomic E-state index is 0.0517. The van der Waals surface area contributed by atoms with E-state index in [1.165, 1.54) is 5.56 Å². The Hall–Kier alpha value is -2.10. The quantitative estimate of drug-likeness (QED) is 0.591. The first-order valence-corrected chi connectivity index (χ1v) is 5.05. The highest BCUT2D eigenvalue weighted by atomic mass is 15.3. The summed E-state index contributed by atoms with van der Waals surface area (Å²) in [6.07, 6.45) is 1.78. The summed E-state index contributed by atoms with van der Waals surface area (Å²) in [6, 6.07) is 8.04. The summed E-state index contributed by atoms with van der Waals surface area (Å²) in [5.41, 5.74) is 9.09. The van der Waals surface area contributed by atoms with Gasteiger partial charge in [-0.3, -0.25) is 5.41 Å². The van der Waals surface area contributed by atoms with Crippen molar-refractivity contribution in [2.24, 2.45) is 5.73 Å². The van der Waals surface area contributed by atoms with Crippen molar-refractivity contribution in [2.75, 3.05) is 0 Å². The Balaban J connectivity index is 2.45. The monoisotopic (exact) mass is 214 g/mol. The van der Waals surface area contributed by atoms with Crippen molar-refractivity contribution in [2.45, 2.75) is 13.8 Å². The number of aryl methyl sites for hydroxylation is 2. The van der Waals surface area contributed by atoms with Crippen molar-refractivity contribution >= 4 is 5.84 Å². The molecule has 0 fully saturated rings. The predicted molar refractivity (Wildman–Crippen MR) is 64.1 cm³/mol. The number of hydrogen-bond donors (Lipinski definition) is 2. The Kier molecular flexibility index (Phi) is 2.48. The fourth-order valence-electron chi connectivity index (χ4n) is 1.55. The van der Waals surface area contributed by atoms with Crippen molar-refractivity contribution in [3.05, 3.63) is 47.3 Å². The van der Waals surface area contributed by atoms with Crippen molar-refractivity contribution < 1.29 is 0 Å². The van der Waals surface area contributed by atoms with E-state index in [9.17, 15) is 0 Å². The molecule has 82 valence electrons. The maximum Gasteiger partial charge on any atom is 0.126 e. The molecule has 0 radical (unpaired) electrons. The molecule has 0 aliphatic rings. The second kappa shape index (κ2) is 3.81. The summed E-state index contributed by atoms with van der Waals surface area (Å²) >= 11 is 0. The van der Waals surface area contributed by atoms with Crippen LogP contribution >= 0.6 is 0 Å². The number of aromatic nitrogens is 2. The van der Waals surface area contributed by atoms with Crippen molar-refractivity contribution in [1.82, 2.24) is 9.78 Å². The number of nitrogen functional groups attached to an aromatic ring is 1. The molecule has 3 N–H and O–H groups in total. The van der Waals surface area contributed by atoms with E-state index in [1.54, 1.807) is 10.9 Å². The van der Waals surface area contributed by atoms with E-state index in [1.807, 2.05) is 38.1 Å². The van der Waals surface area contributed by atoms with Crippen molar-refractivity contribution in [3.63, 3.8) is 0 Å². The van der Waals surface area contributed by atoms with Gasteiger partial charge in [-0.2, -0.15) is 5.10 Å². The average molecular weight is 214 g/mol. The van der Waals surface area contributed by atoms with Gasteiger partial charge in [0, 0.05) is 6.20 Å². The zero-order chi connectivity index (χ0) is 11.7. The summed E-state index contributed by atoms with van der Waals surface area (Å²) < 4.78 is 1.74. The van der Waals surface area contributed by atoms with Crippen molar-refractivity contribution in [3.8, 4) is 5.69 Å². The van der Waals surface area contributed by atoms with Crippen LogP contribution in [0.2, 0.25) is 0 Å². The number of nitrogens with two attached hydrogens (primary N) is 1. The summed E-state index contributed by atoms with van der Waals surface area (Å²) in [5.74, 6) is 0.0517. The second-order valence-corrected chi connectivity index (χ2v) is 3.82. The normalized spacial score (nSPS) is 10.4. The number of amidine groups is 1. The first-order valence-electron chi connectivity index (χ1n) is 5.05. The van der Waals surface area contributed by atoms with Gasteiger partial charge < -0.3 is 5.73 Å². The lowest BCUT2D eigenvalue weighted by molar-refractivity contribution is 0.862. The first-order chi connectivity index (χ1) is 7.58. The van der Waals surface area contributed by atoms with Crippen LogP contribution < -0.4 is 5.73 Å². The summed E-state index contributed by atoms with van der Waals surface area (Å²) in [7, 11) is 0. The number of hydrogen-bond acceptors (Lipinski definition) is 2. The smallest absolute Gasteiger partial charge is 0.126 e. The molecular weight excluding hydrogens is 200 g/mol. The number of nitrogens with one attached hydrogen (secondary N) is 1. The Morgan fingerprint density at radius 3 is 2.38 bits per heavy atom. The van der Waals surface area contributed by atoms with Crippen LogP contribution in [0.25, 0.3) is 5.69 Å². The molecule has 0 aliphatic carbocycles. The minimum Gasteiger partial charge on any atom is -0.384 e. The van der Waals surface area contributed by atoms with Gasteiger partial charge >= 0.3 is 0 Å². The lowest BCUT2D eigenvalue weighted by Crippen LogP contribution is -2.11. The summed E-state index contributed by atoms with van der Waals surface area (Å²) in [6.45, 7) is 3.89. The Morgan fingerprint density at radius 2 is 1.88 bits per heavy atom. The highest BCUT2D eigenvalue weighted by molar-refractivity contribution is 5.95. The van der Waals surface area contributed by atoms with Crippen LogP contribution in [-0.4, -0.2) is 15.6 Å². The Labute approximate surface area is 94.2 Å². The van der Waals surface area contributed by atoms with Crippen LogP contribution in [0.1, 0.15) is 16.8 Å². The van der Waals surface area contributed by atoms with E-state index in [-0.39, 0.29) is 5.84 Å². The second-order valence-electron chi connectivity index (χ2n) is 3.82. The topological polar surface area (TPSA) is 67.7 Å². The highest BCUT2D eigenvalue weighted by Gasteiger charge is 2.07. The zero-order valence-electron chi connectivity index (χ0n) is 9.36. The lowest BCUT2D eigenvalue weighted by atomic mass is 10.2. The van der Waals surface area contributed by atoms with Gasteiger partial charge in [0.15, 0.2) is 0 Å². The maximum absolute atomic E-state index is 7.41. The zero-order valence-corrected chi connectivity index (χ0v) is 9.36. The molecule has 1 aromatic carbocycles. The van der Waals surface area contributed by atoms with Crippen LogP contribution in [0.4, 0.5) is 0 Å². The molecule has 2 aromatic rings. The van der Waals surface area contributed by atoms with E-state index in [4.69, 9.17) is 11.1 Å². The molecule has 2 rings (SSSR count). The molecule has 4 nitrogen and oxygen atoms in total. The molecule has 16 heavy (non-hydrogen) atoms. The fourth-order valence-corrected chi connectivity index (χ4v) is 1.55. The maximum atomic E-state index is 7.41. The van der Waals surface area contributed by atoms with Crippen LogP contribution in [0.3, 0.4) is 0 Å². The van der Waals surface area contributed by atoms with Crippen molar-refractivity contribution in [1.29, 1.82) is 5.41 Å². The predicted octanol–water partition coefficient (Wildman–Crippen LogP) is 1.77. The number of benzene rings is 1. The molecule has 4 heteroatoms. The van der Waals surface area contributed by atoms with E-state index in [0.29, 0.717) is 5.56 Å². The summed E-state index contributed by atoms with van der Waals surface area (Å²) in [5, 5.41) is 11.7. The molecule has 0 amide bonds. The van der Waals surface area contributed by atoms with Gasteiger partial charge in [0.1, 0.15) is 5.84 Å². The van der Waals surface area contributed by atoms with Crippen LogP contribution in [0.5, 0.6) is 0 Å². The van der Waals surface area contributed by atoms with Gasteiger partial charge in [-0.05, 0) is 26.0 Å². The van der Waals surface area contributed by atoms with Gasteiger partial charge in [0.25, 0.3) is 0 Å². The third-order valence-corrected chi connectivity index (χ3v) is 2.49. The standard InChI is InChI=1S/C12H14N4/c1-8-3-5-10(6-4-8)16-7-11(12(13)14)9(2)15-16/h3-7H,1-2H3,(H3,13,14). The highest BCUT2D eigenvalue weighted by Crippen LogP contribution is 2.12. The van der Waals surface area contributed by atoms with E-state index < -0.39 is 0 Å². The molecule has 0 aliphatic heterocycles. The van der Waals surface area contributed by atoms with E-state index >= 15 is 0 Å². The largest absolute Gasteiger partial charge is 0.384 e. The van der Waals surface area contributed by atoms with Gasteiger partial charge in [0.05, 0.1) is 16.9 Å². The third-order valence-electron chi connectivity index (χ3n) is 2.49. The molecule has 0 spiro atoms. The number of nitrogens with zero attached hydrogens (tertiary/aromatic N) is 2. The molecule has 0 atom stereocenters. The molecule has 0 unspecified atom stereocenters. The average Bonchev–Trinajstić information content (AvgIpc) is 2.61. The van der Waals surface area contributed by atoms with Gasteiger partial charge in [-0.15, -0.1) is 0 Å². The molecule has 0 saturated carbocycles. The molecular formula is C12H14N4. The summed E-state index contributed by atoms with van der Waals surface area (Å²) in [4.78, 5) is 0.